The number of fused-ring (bicyclic) bond motifs is 1. The van der Waals surface area contributed by atoms with E-state index in [4.69, 9.17) is 0 Å². The third kappa shape index (κ3) is 2.16. The van der Waals surface area contributed by atoms with Crippen molar-refractivity contribution in [1.29, 1.82) is 0 Å². The highest BCUT2D eigenvalue weighted by atomic mass is 32.2. The van der Waals surface area contributed by atoms with E-state index >= 15 is 0 Å². The van der Waals surface area contributed by atoms with Gasteiger partial charge in [0.1, 0.15) is 0 Å². The molecule has 2 fully saturated rings. The van der Waals surface area contributed by atoms with E-state index in [2.05, 4.69) is 29.2 Å². The van der Waals surface area contributed by atoms with E-state index < -0.39 is 0 Å². The van der Waals surface area contributed by atoms with Crippen molar-refractivity contribution in [3.8, 4) is 0 Å². The second-order valence-electron chi connectivity index (χ2n) is 5.22. The van der Waals surface area contributed by atoms with Crippen LogP contribution in [0.4, 0.5) is 0 Å². The Morgan fingerprint density at radius 2 is 1.83 bits per heavy atom. The van der Waals surface area contributed by atoms with Gasteiger partial charge in [-0.25, -0.2) is 0 Å². The maximum atomic E-state index is 12.2. The first-order valence-electron chi connectivity index (χ1n) is 6.85. The molecule has 1 unspecified atom stereocenters. The fourth-order valence-corrected chi connectivity index (χ4v) is 4.67. The monoisotopic (exact) mass is 261 g/mol. The molecule has 2 heterocycles. The number of thioether (sulfide) groups is 1. The fourth-order valence-electron chi connectivity index (χ4n) is 3.14. The average Bonchev–Trinajstić information content (AvgIpc) is 2.73. The van der Waals surface area contributed by atoms with Crippen LogP contribution in [0.15, 0.2) is 35.2 Å². The first-order valence-corrected chi connectivity index (χ1v) is 7.66. The SMILES string of the molecule is O=C1CCCCC2(Sc3ccccc3)CCCN12. The van der Waals surface area contributed by atoms with Crippen molar-refractivity contribution in [1.82, 2.24) is 4.90 Å². The standard InChI is InChI=1S/C15H19NOS/c17-14-9-4-5-10-15(11-6-12-16(14)15)18-13-7-2-1-3-8-13/h1-3,7-8H,4-6,9-12H2. The van der Waals surface area contributed by atoms with Gasteiger partial charge in [0.25, 0.3) is 0 Å². The summed E-state index contributed by atoms with van der Waals surface area (Å²) < 4.78 is 0. The Morgan fingerprint density at radius 1 is 1.06 bits per heavy atom. The van der Waals surface area contributed by atoms with Gasteiger partial charge in [0.05, 0.1) is 4.87 Å². The highest BCUT2D eigenvalue weighted by molar-refractivity contribution is 8.00. The lowest BCUT2D eigenvalue weighted by molar-refractivity contribution is -0.132. The molecule has 2 aliphatic heterocycles. The highest BCUT2D eigenvalue weighted by Gasteiger charge is 2.44. The quantitative estimate of drug-likeness (QED) is 0.809. The summed E-state index contributed by atoms with van der Waals surface area (Å²) in [6, 6.07) is 10.5. The highest BCUT2D eigenvalue weighted by Crippen LogP contribution is 2.48. The van der Waals surface area contributed by atoms with Crippen LogP contribution < -0.4 is 0 Å². The molecule has 2 nitrogen and oxygen atoms in total. The average molecular weight is 261 g/mol. The summed E-state index contributed by atoms with van der Waals surface area (Å²) in [5, 5.41) is 0. The lowest BCUT2D eigenvalue weighted by Crippen LogP contribution is -2.43. The normalized spacial score (nSPS) is 28.0. The van der Waals surface area contributed by atoms with E-state index in [0.717, 1.165) is 38.6 Å². The smallest absolute Gasteiger partial charge is 0.223 e. The largest absolute Gasteiger partial charge is 0.328 e. The van der Waals surface area contributed by atoms with Crippen LogP contribution in [0.5, 0.6) is 0 Å². The summed E-state index contributed by atoms with van der Waals surface area (Å²) in [6.45, 7) is 0.957. The summed E-state index contributed by atoms with van der Waals surface area (Å²) >= 11 is 1.90. The Hall–Kier alpha value is -0.960. The van der Waals surface area contributed by atoms with Crippen molar-refractivity contribution >= 4 is 17.7 Å². The van der Waals surface area contributed by atoms with Crippen LogP contribution >= 0.6 is 11.8 Å². The third-order valence-electron chi connectivity index (χ3n) is 4.00. The Kier molecular flexibility index (Phi) is 3.33. The number of carbonyl (C=O) groups excluding carboxylic acids is 1. The van der Waals surface area contributed by atoms with E-state index in [-0.39, 0.29) is 4.87 Å². The second kappa shape index (κ2) is 4.96. The Labute approximate surface area is 113 Å². The van der Waals surface area contributed by atoms with E-state index in [1.54, 1.807) is 0 Å². The Bertz CT molecular complexity index is 433. The molecule has 0 N–H and O–H groups in total. The van der Waals surface area contributed by atoms with Gasteiger partial charge in [-0.3, -0.25) is 4.79 Å². The summed E-state index contributed by atoms with van der Waals surface area (Å²) in [5.41, 5.74) is 0. The first-order chi connectivity index (χ1) is 8.80. The minimum absolute atomic E-state index is 0.0505. The summed E-state index contributed by atoms with van der Waals surface area (Å²) in [7, 11) is 0. The molecule has 2 saturated heterocycles. The van der Waals surface area contributed by atoms with Gasteiger partial charge in [0.2, 0.25) is 5.91 Å². The summed E-state index contributed by atoms with van der Waals surface area (Å²) in [5.74, 6) is 0.369. The predicted molar refractivity (Wildman–Crippen MR) is 74.4 cm³/mol. The molecule has 96 valence electrons. The van der Waals surface area contributed by atoms with Crippen LogP contribution in [0.25, 0.3) is 0 Å². The van der Waals surface area contributed by atoms with Crippen LogP contribution in [0.3, 0.4) is 0 Å². The van der Waals surface area contributed by atoms with Crippen LogP contribution in [0.1, 0.15) is 38.5 Å². The molecule has 0 aliphatic carbocycles. The fraction of sp³-hybridized carbons (Fsp3) is 0.533. The van der Waals surface area contributed by atoms with Crippen molar-refractivity contribution in [2.75, 3.05) is 6.54 Å². The molecule has 0 radical (unpaired) electrons. The minimum Gasteiger partial charge on any atom is -0.328 e. The topological polar surface area (TPSA) is 20.3 Å². The van der Waals surface area contributed by atoms with Gasteiger partial charge < -0.3 is 4.90 Å². The molecule has 0 aromatic heterocycles. The van der Waals surface area contributed by atoms with E-state index in [0.29, 0.717) is 5.91 Å². The molecule has 3 heteroatoms. The molecule has 1 aromatic carbocycles. The van der Waals surface area contributed by atoms with E-state index in [1.807, 2.05) is 17.8 Å². The number of nitrogens with zero attached hydrogens (tertiary/aromatic N) is 1. The summed E-state index contributed by atoms with van der Waals surface area (Å²) in [4.78, 5) is 15.7. The minimum atomic E-state index is 0.0505. The molecule has 2 aliphatic rings. The summed E-state index contributed by atoms with van der Waals surface area (Å²) in [6.07, 6.45) is 6.45. The molecule has 1 amide bonds. The lowest BCUT2D eigenvalue weighted by atomic mass is 10.1. The molecule has 0 spiro atoms. The Balaban J connectivity index is 1.88. The van der Waals surface area contributed by atoms with Crippen LogP contribution in [0, 0.1) is 0 Å². The molecule has 0 saturated carbocycles. The van der Waals surface area contributed by atoms with Crippen molar-refractivity contribution in [2.24, 2.45) is 0 Å². The number of carbonyl (C=O) groups is 1. The van der Waals surface area contributed by atoms with Gasteiger partial charge >= 0.3 is 0 Å². The number of rotatable bonds is 2. The van der Waals surface area contributed by atoms with Gasteiger partial charge in [-0.1, -0.05) is 30.0 Å². The van der Waals surface area contributed by atoms with Crippen molar-refractivity contribution in [3.63, 3.8) is 0 Å². The van der Waals surface area contributed by atoms with Crippen LogP contribution in [0.2, 0.25) is 0 Å². The molecule has 0 bridgehead atoms. The van der Waals surface area contributed by atoms with Gasteiger partial charge in [-0.05, 0) is 44.2 Å². The van der Waals surface area contributed by atoms with E-state index in [9.17, 15) is 4.79 Å². The first kappa shape index (κ1) is 12.1. The maximum Gasteiger partial charge on any atom is 0.223 e. The van der Waals surface area contributed by atoms with E-state index in [1.165, 1.54) is 11.3 Å². The third-order valence-corrected chi connectivity index (χ3v) is 5.52. The molecular weight excluding hydrogens is 242 g/mol. The number of hydrogen-bond donors (Lipinski definition) is 0. The van der Waals surface area contributed by atoms with Gasteiger partial charge in [-0.15, -0.1) is 0 Å². The maximum absolute atomic E-state index is 12.2. The van der Waals surface area contributed by atoms with Gasteiger partial charge in [0, 0.05) is 17.9 Å². The number of benzene rings is 1. The van der Waals surface area contributed by atoms with Gasteiger partial charge in [-0.2, -0.15) is 0 Å². The van der Waals surface area contributed by atoms with Gasteiger partial charge in [0.15, 0.2) is 0 Å². The predicted octanol–water partition coefficient (Wildman–Crippen LogP) is 3.67. The Morgan fingerprint density at radius 3 is 2.67 bits per heavy atom. The molecule has 18 heavy (non-hydrogen) atoms. The lowest BCUT2D eigenvalue weighted by Gasteiger charge is -2.36. The number of hydrogen-bond acceptors (Lipinski definition) is 2. The zero-order valence-corrected chi connectivity index (χ0v) is 11.4. The molecule has 1 aromatic rings. The molecule has 1 atom stereocenters. The second-order valence-corrected chi connectivity index (χ2v) is 6.65. The van der Waals surface area contributed by atoms with Crippen LogP contribution in [-0.4, -0.2) is 22.2 Å². The zero-order chi connectivity index (χ0) is 12.4. The van der Waals surface area contributed by atoms with Crippen LogP contribution in [-0.2, 0) is 4.79 Å². The molecule has 3 rings (SSSR count). The van der Waals surface area contributed by atoms with Crippen molar-refractivity contribution < 1.29 is 4.79 Å². The zero-order valence-electron chi connectivity index (χ0n) is 10.6. The molecular formula is C15H19NOS. The van der Waals surface area contributed by atoms with Crippen molar-refractivity contribution in [2.45, 2.75) is 48.3 Å². The van der Waals surface area contributed by atoms with Crippen molar-refractivity contribution in [3.05, 3.63) is 30.3 Å². The number of amides is 1.